The van der Waals surface area contributed by atoms with E-state index in [0.717, 1.165) is 128 Å². The van der Waals surface area contributed by atoms with Gasteiger partial charge in [0, 0.05) is 19.3 Å². The van der Waals surface area contributed by atoms with Gasteiger partial charge >= 0.3 is 17.9 Å². The molecule has 0 saturated heterocycles. The second-order valence-corrected chi connectivity index (χ2v) is 22.3. The summed E-state index contributed by atoms with van der Waals surface area (Å²) in [6.45, 7) is 6.39. The molecule has 0 aliphatic carbocycles. The van der Waals surface area contributed by atoms with Crippen LogP contribution in [-0.4, -0.2) is 37.2 Å². The highest BCUT2D eigenvalue weighted by atomic mass is 16.6. The Morgan fingerprint density at radius 1 is 0.256 bits per heavy atom. The molecule has 0 bridgehead atoms. The van der Waals surface area contributed by atoms with E-state index in [1.165, 1.54) is 135 Å². The summed E-state index contributed by atoms with van der Waals surface area (Å²) in [5.74, 6) is -0.946. The molecule has 0 rings (SSSR count). The van der Waals surface area contributed by atoms with Crippen LogP contribution >= 0.6 is 0 Å². The molecule has 0 aromatic rings. The van der Waals surface area contributed by atoms with Crippen molar-refractivity contribution in [3.05, 3.63) is 134 Å². The number of esters is 3. The molecule has 466 valence electrons. The summed E-state index contributed by atoms with van der Waals surface area (Å²) in [6.07, 6.45) is 97.5. The number of rotatable bonds is 61. The lowest BCUT2D eigenvalue weighted by Gasteiger charge is -2.18. The summed E-state index contributed by atoms with van der Waals surface area (Å²) < 4.78 is 16.9. The van der Waals surface area contributed by atoms with Crippen molar-refractivity contribution in [1.29, 1.82) is 0 Å². The van der Waals surface area contributed by atoms with Crippen molar-refractivity contribution in [3.8, 4) is 0 Å². The number of carbonyl (C=O) groups excluding carboxylic acids is 3. The van der Waals surface area contributed by atoms with Crippen LogP contribution < -0.4 is 0 Å². The molecule has 0 heterocycles. The highest BCUT2D eigenvalue weighted by Crippen LogP contribution is 2.16. The van der Waals surface area contributed by atoms with Crippen LogP contribution in [0.5, 0.6) is 0 Å². The van der Waals surface area contributed by atoms with E-state index in [-0.39, 0.29) is 37.5 Å². The average molecular weight is 1140 g/mol. The molecule has 0 radical (unpaired) electrons. The van der Waals surface area contributed by atoms with E-state index in [4.69, 9.17) is 14.2 Å². The summed E-state index contributed by atoms with van der Waals surface area (Å²) in [7, 11) is 0. The topological polar surface area (TPSA) is 78.9 Å². The molecule has 0 aromatic carbocycles. The molecule has 0 fully saturated rings. The Hall–Kier alpha value is -4.45. The smallest absolute Gasteiger partial charge is 0.306 e. The maximum absolute atomic E-state index is 12.9. The largest absolute Gasteiger partial charge is 0.462 e. The molecule has 0 saturated carbocycles. The van der Waals surface area contributed by atoms with Crippen molar-refractivity contribution in [2.24, 2.45) is 0 Å². The molecule has 0 spiro atoms. The molecule has 1 atom stereocenters. The Labute approximate surface area is 506 Å². The molecule has 6 nitrogen and oxygen atoms in total. The molecule has 0 amide bonds. The van der Waals surface area contributed by atoms with Gasteiger partial charge in [-0.05, 0) is 135 Å². The molecule has 0 aliphatic heterocycles. The van der Waals surface area contributed by atoms with E-state index in [1.807, 2.05) is 0 Å². The first-order valence-corrected chi connectivity index (χ1v) is 34.2. The van der Waals surface area contributed by atoms with E-state index in [0.29, 0.717) is 19.3 Å². The molecular formula is C76H126O6. The van der Waals surface area contributed by atoms with Crippen molar-refractivity contribution < 1.29 is 28.6 Å². The van der Waals surface area contributed by atoms with E-state index in [1.54, 1.807) is 0 Å². The summed E-state index contributed by atoms with van der Waals surface area (Å²) in [5, 5.41) is 0. The third-order valence-electron chi connectivity index (χ3n) is 14.4. The summed E-state index contributed by atoms with van der Waals surface area (Å²) in [4.78, 5) is 38.4. The maximum Gasteiger partial charge on any atom is 0.306 e. The first-order valence-electron chi connectivity index (χ1n) is 34.2. The second kappa shape index (κ2) is 69.0. The van der Waals surface area contributed by atoms with Crippen LogP contribution in [0.15, 0.2) is 134 Å². The fourth-order valence-electron chi connectivity index (χ4n) is 9.32. The number of unbranched alkanes of at least 4 members (excludes halogenated alkanes) is 28. The van der Waals surface area contributed by atoms with Crippen molar-refractivity contribution in [3.63, 3.8) is 0 Å². The van der Waals surface area contributed by atoms with Crippen LogP contribution in [0.1, 0.15) is 310 Å². The van der Waals surface area contributed by atoms with Crippen molar-refractivity contribution in [2.75, 3.05) is 13.2 Å². The zero-order valence-corrected chi connectivity index (χ0v) is 53.5. The van der Waals surface area contributed by atoms with Gasteiger partial charge in [0.15, 0.2) is 6.10 Å². The van der Waals surface area contributed by atoms with Crippen LogP contribution in [0.3, 0.4) is 0 Å². The zero-order chi connectivity index (χ0) is 59.2. The van der Waals surface area contributed by atoms with E-state index < -0.39 is 6.10 Å². The van der Waals surface area contributed by atoms with Gasteiger partial charge < -0.3 is 14.2 Å². The number of carbonyl (C=O) groups is 3. The van der Waals surface area contributed by atoms with E-state index >= 15 is 0 Å². The maximum atomic E-state index is 12.9. The highest BCUT2D eigenvalue weighted by molar-refractivity contribution is 5.71. The normalized spacial score (nSPS) is 13.0. The van der Waals surface area contributed by atoms with Crippen LogP contribution in [0.4, 0.5) is 0 Å². The van der Waals surface area contributed by atoms with Crippen molar-refractivity contribution >= 4 is 17.9 Å². The predicted molar refractivity (Wildman–Crippen MR) is 357 cm³/mol. The number of hydrogen-bond donors (Lipinski definition) is 0. The Morgan fingerprint density at radius 3 is 0.780 bits per heavy atom. The highest BCUT2D eigenvalue weighted by Gasteiger charge is 2.19. The Bertz CT molecular complexity index is 1730. The number of ether oxygens (including phenoxy) is 3. The van der Waals surface area contributed by atoms with Crippen LogP contribution in [0, 0.1) is 0 Å². The monoisotopic (exact) mass is 1130 g/mol. The molecule has 6 heteroatoms. The van der Waals surface area contributed by atoms with Crippen LogP contribution in [0.2, 0.25) is 0 Å². The minimum Gasteiger partial charge on any atom is -0.462 e. The fraction of sp³-hybridized carbons (Fsp3) is 0.671. The van der Waals surface area contributed by atoms with Gasteiger partial charge in [-0.3, -0.25) is 14.4 Å². The molecule has 0 aliphatic rings. The van der Waals surface area contributed by atoms with Crippen LogP contribution in [-0.2, 0) is 28.6 Å². The molecule has 1 unspecified atom stereocenters. The van der Waals surface area contributed by atoms with E-state index in [2.05, 4.69) is 154 Å². The zero-order valence-electron chi connectivity index (χ0n) is 53.5. The molecular weight excluding hydrogens is 1010 g/mol. The quantitative estimate of drug-likeness (QED) is 0.0261. The Morgan fingerprint density at radius 2 is 0.476 bits per heavy atom. The minimum absolute atomic E-state index is 0.101. The van der Waals surface area contributed by atoms with Gasteiger partial charge in [-0.25, -0.2) is 0 Å². The van der Waals surface area contributed by atoms with Gasteiger partial charge in [0.25, 0.3) is 0 Å². The lowest BCUT2D eigenvalue weighted by Crippen LogP contribution is -2.30. The van der Waals surface area contributed by atoms with Gasteiger partial charge in [0.1, 0.15) is 13.2 Å². The second-order valence-electron chi connectivity index (χ2n) is 22.3. The molecule has 0 aromatic heterocycles. The third-order valence-corrected chi connectivity index (χ3v) is 14.4. The number of allylic oxidation sites excluding steroid dienone is 22. The fourth-order valence-corrected chi connectivity index (χ4v) is 9.32. The summed E-state index contributed by atoms with van der Waals surface area (Å²) >= 11 is 0. The molecule has 0 N–H and O–H groups in total. The average Bonchev–Trinajstić information content (AvgIpc) is 3.48. The van der Waals surface area contributed by atoms with Gasteiger partial charge in [-0.15, -0.1) is 0 Å². The van der Waals surface area contributed by atoms with Gasteiger partial charge in [-0.1, -0.05) is 289 Å². The number of hydrogen-bond acceptors (Lipinski definition) is 6. The lowest BCUT2D eigenvalue weighted by atomic mass is 10.0. The third kappa shape index (κ3) is 66.4. The summed E-state index contributed by atoms with van der Waals surface area (Å²) in [5.41, 5.74) is 0. The SMILES string of the molecule is CC/C=C\C/C=C\C/C=C\C/C=C\C/C=C\C/C=C\CCCCC(=O)OC(COC(=O)CCCCCCC/C=C\CCCCCCCCC)COC(=O)CCCCCCCCCCCCCCCC/C=C\C/C=C\C/C=C\C/C=C\CC. The lowest BCUT2D eigenvalue weighted by molar-refractivity contribution is -0.167. The van der Waals surface area contributed by atoms with Crippen LogP contribution in [0.25, 0.3) is 0 Å². The Kier molecular flexibility index (Phi) is 65.3. The Balaban J connectivity index is 4.41. The first kappa shape index (κ1) is 77.5. The predicted octanol–water partition coefficient (Wildman–Crippen LogP) is 23.7. The molecule has 82 heavy (non-hydrogen) atoms. The standard InChI is InChI=1S/C76H126O6/c1-4-7-10-13-16-19-22-25-28-31-33-35-36-37-38-39-40-42-43-45-48-51-54-57-60-63-66-69-75(78)81-72-73(71-80-74(77)68-65-62-59-56-53-50-47-30-27-24-21-18-15-12-9-6-3)82-76(79)70-67-64-61-58-55-52-49-46-44-41-34-32-29-26-23-20-17-14-11-8-5-2/h7-8,10-11,16-17,19-20,25-26,28-30,33-35,41,46-47,49,55,58,73H,4-6,9,12-15,18,21-24,27,31-32,36-40,42-45,48,50-54,56-57,59-72H2,1-3H3/b10-7-,11-8-,19-16-,20-17-,28-25-,29-26-,35-33-,41-34-,47-30-,49-46-,58-55-. The van der Waals surface area contributed by atoms with E-state index in [9.17, 15) is 14.4 Å². The summed E-state index contributed by atoms with van der Waals surface area (Å²) in [6, 6.07) is 0. The first-order chi connectivity index (χ1) is 40.5. The van der Waals surface area contributed by atoms with Gasteiger partial charge in [0.2, 0.25) is 0 Å². The van der Waals surface area contributed by atoms with Gasteiger partial charge in [-0.2, -0.15) is 0 Å². The van der Waals surface area contributed by atoms with Crippen molar-refractivity contribution in [2.45, 2.75) is 316 Å². The van der Waals surface area contributed by atoms with Gasteiger partial charge in [0.05, 0.1) is 0 Å². The van der Waals surface area contributed by atoms with Crippen molar-refractivity contribution in [1.82, 2.24) is 0 Å². The minimum atomic E-state index is -0.810.